The fourth-order valence-electron chi connectivity index (χ4n) is 3.54. The van der Waals surface area contributed by atoms with E-state index >= 15 is 0 Å². The maximum absolute atomic E-state index is 13.2. The standard InChI is InChI=1S/C24H28ClN3O3/c1-17(2)16-31-23-21(25)13-19(14-22(23)30-3)24(29)28-10-4-9-27(11-12-28)20-7-5-18(15-26)6-8-20/h5-8,13-14,17H,4,9-12,16H2,1-3H3. The highest BCUT2D eigenvalue weighted by molar-refractivity contribution is 6.32. The summed E-state index contributed by atoms with van der Waals surface area (Å²) in [4.78, 5) is 17.3. The van der Waals surface area contributed by atoms with E-state index in [9.17, 15) is 4.79 Å². The normalized spacial score (nSPS) is 14.2. The van der Waals surface area contributed by atoms with Gasteiger partial charge < -0.3 is 19.3 Å². The van der Waals surface area contributed by atoms with Gasteiger partial charge >= 0.3 is 0 Å². The zero-order chi connectivity index (χ0) is 22.4. The summed E-state index contributed by atoms with van der Waals surface area (Å²) in [6.45, 7) is 7.46. The first-order valence-corrected chi connectivity index (χ1v) is 10.9. The fourth-order valence-corrected chi connectivity index (χ4v) is 3.81. The summed E-state index contributed by atoms with van der Waals surface area (Å²) in [7, 11) is 1.55. The molecular formula is C24H28ClN3O3. The zero-order valence-corrected chi connectivity index (χ0v) is 19.0. The third-order valence-corrected chi connectivity index (χ3v) is 5.46. The van der Waals surface area contributed by atoms with Crippen molar-refractivity contribution in [1.29, 1.82) is 5.26 Å². The highest BCUT2D eigenvalue weighted by Crippen LogP contribution is 2.37. The van der Waals surface area contributed by atoms with Crippen LogP contribution in [-0.2, 0) is 0 Å². The van der Waals surface area contributed by atoms with Crippen LogP contribution in [0.1, 0.15) is 36.2 Å². The fraction of sp³-hybridized carbons (Fsp3) is 0.417. The molecule has 7 heteroatoms. The van der Waals surface area contributed by atoms with E-state index in [0.717, 1.165) is 25.2 Å². The van der Waals surface area contributed by atoms with Gasteiger partial charge in [-0.05, 0) is 48.7 Å². The lowest BCUT2D eigenvalue weighted by Crippen LogP contribution is -2.35. The summed E-state index contributed by atoms with van der Waals surface area (Å²) in [6.07, 6.45) is 0.853. The molecule has 1 aliphatic heterocycles. The molecule has 1 fully saturated rings. The Hall–Kier alpha value is -2.91. The minimum atomic E-state index is -0.0720. The van der Waals surface area contributed by atoms with Crippen molar-refractivity contribution < 1.29 is 14.3 Å². The monoisotopic (exact) mass is 441 g/mol. The Morgan fingerprint density at radius 1 is 1.16 bits per heavy atom. The molecule has 0 N–H and O–H groups in total. The maximum Gasteiger partial charge on any atom is 0.254 e. The molecule has 31 heavy (non-hydrogen) atoms. The number of nitrogens with zero attached hydrogens (tertiary/aromatic N) is 3. The Bertz CT molecular complexity index is 954. The SMILES string of the molecule is COc1cc(C(=O)N2CCCN(c3ccc(C#N)cc3)CC2)cc(Cl)c1OCC(C)C. The third-order valence-electron chi connectivity index (χ3n) is 5.18. The van der Waals surface area contributed by atoms with Crippen LogP contribution in [0.2, 0.25) is 5.02 Å². The van der Waals surface area contributed by atoms with Crippen molar-refractivity contribution in [2.24, 2.45) is 5.92 Å². The molecule has 3 rings (SSSR count). The van der Waals surface area contributed by atoms with Crippen LogP contribution in [0.4, 0.5) is 5.69 Å². The lowest BCUT2D eigenvalue weighted by Gasteiger charge is -2.24. The number of anilines is 1. The van der Waals surface area contributed by atoms with Gasteiger partial charge in [0.1, 0.15) is 0 Å². The van der Waals surface area contributed by atoms with Crippen molar-refractivity contribution in [1.82, 2.24) is 4.90 Å². The second kappa shape index (κ2) is 10.4. The van der Waals surface area contributed by atoms with Gasteiger partial charge in [-0.1, -0.05) is 25.4 Å². The van der Waals surface area contributed by atoms with Crippen LogP contribution < -0.4 is 14.4 Å². The van der Waals surface area contributed by atoms with Crippen molar-refractivity contribution in [3.8, 4) is 17.6 Å². The van der Waals surface area contributed by atoms with Crippen LogP contribution in [-0.4, -0.2) is 50.7 Å². The number of hydrogen-bond acceptors (Lipinski definition) is 5. The molecule has 0 atom stereocenters. The first kappa shape index (κ1) is 22.8. The average molecular weight is 442 g/mol. The minimum absolute atomic E-state index is 0.0720. The molecule has 0 unspecified atom stereocenters. The van der Waals surface area contributed by atoms with E-state index < -0.39 is 0 Å². The highest BCUT2D eigenvalue weighted by Gasteiger charge is 2.23. The van der Waals surface area contributed by atoms with Crippen molar-refractivity contribution in [2.75, 3.05) is 44.8 Å². The smallest absolute Gasteiger partial charge is 0.254 e. The van der Waals surface area contributed by atoms with Gasteiger partial charge in [-0.3, -0.25) is 4.79 Å². The largest absolute Gasteiger partial charge is 0.493 e. The molecule has 0 radical (unpaired) electrons. The molecule has 164 valence electrons. The number of rotatable bonds is 6. The number of methoxy groups -OCH3 is 1. The van der Waals surface area contributed by atoms with Crippen LogP contribution in [0.25, 0.3) is 0 Å². The number of carbonyl (C=O) groups is 1. The average Bonchev–Trinajstić information content (AvgIpc) is 3.03. The van der Waals surface area contributed by atoms with Crippen LogP contribution in [0, 0.1) is 17.2 Å². The van der Waals surface area contributed by atoms with Crippen molar-refractivity contribution in [3.63, 3.8) is 0 Å². The predicted molar refractivity (Wildman–Crippen MR) is 122 cm³/mol. The van der Waals surface area contributed by atoms with Gasteiger partial charge in [-0.25, -0.2) is 0 Å². The molecule has 1 heterocycles. The lowest BCUT2D eigenvalue weighted by molar-refractivity contribution is 0.0766. The Morgan fingerprint density at radius 2 is 1.90 bits per heavy atom. The second-order valence-corrected chi connectivity index (χ2v) is 8.39. The van der Waals surface area contributed by atoms with E-state index in [1.807, 2.05) is 29.2 Å². The molecule has 0 spiro atoms. The summed E-state index contributed by atoms with van der Waals surface area (Å²) in [6, 6.07) is 13.0. The van der Waals surface area contributed by atoms with Gasteiger partial charge in [0.15, 0.2) is 11.5 Å². The molecule has 1 amide bonds. The molecule has 0 aliphatic carbocycles. The first-order valence-electron chi connectivity index (χ1n) is 10.5. The quantitative estimate of drug-likeness (QED) is 0.655. The van der Waals surface area contributed by atoms with E-state index in [4.69, 9.17) is 26.3 Å². The molecular weight excluding hydrogens is 414 g/mol. The third kappa shape index (κ3) is 5.62. The second-order valence-electron chi connectivity index (χ2n) is 7.99. The summed E-state index contributed by atoms with van der Waals surface area (Å²) in [5.41, 5.74) is 2.19. The van der Waals surface area contributed by atoms with Gasteiger partial charge in [-0.15, -0.1) is 0 Å². The molecule has 0 aromatic heterocycles. The van der Waals surface area contributed by atoms with E-state index in [1.165, 1.54) is 0 Å². The first-order chi connectivity index (χ1) is 14.9. The van der Waals surface area contributed by atoms with E-state index in [2.05, 4.69) is 24.8 Å². The molecule has 0 saturated carbocycles. The predicted octanol–water partition coefficient (Wildman–Crippen LogP) is 4.61. The lowest BCUT2D eigenvalue weighted by atomic mass is 10.1. The maximum atomic E-state index is 13.2. The van der Waals surface area contributed by atoms with Crippen molar-refractivity contribution in [2.45, 2.75) is 20.3 Å². The summed E-state index contributed by atoms with van der Waals surface area (Å²) >= 11 is 6.43. The van der Waals surface area contributed by atoms with E-state index in [-0.39, 0.29) is 5.91 Å². The van der Waals surface area contributed by atoms with Crippen LogP contribution >= 0.6 is 11.6 Å². The van der Waals surface area contributed by atoms with Gasteiger partial charge in [-0.2, -0.15) is 5.26 Å². The number of ether oxygens (including phenoxy) is 2. The molecule has 1 aliphatic rings. The van der Waals surface area contributed by atoms with E-state index in [1.54, 1.807) is 19.2 Å². The summed E-state index contributed by atoms with van der Waals surface area (Å²) < 4.78 is 11.2. The van der Waals surface area contributed by atoms with Gasteiger partial charge in [0, 0.05) is 37.4 Å². The highest BCUT2D eigenvalue weighted by atomic mass is 35.5. The number of halogens is 1. The number of amides is 1. The topological polar surface area (TPSA) is 65.8 Å². The van der Waals surface area contributed by atoms with Gasteiger partial charge in [0.25, 0.3) is 5.91 Å². The molecule has 2 aromatic carbocycles. The number of carbonyl (C=O) groups excluding carboxylic acids is 1. The van der Waals surface area contributed by atoms with Crippen LogP contribution in [0.15, 0.2) is 36.4 Å². The zero-order valence-electron chi connectivity index (χ0n) is 18.2. The molecule has 6 nitrogen and oxygen atoms in total. The van der Waals surface area contributed by atoms with E-state index in [0.29, 0.717) is 53.3 Å². The Morgan fingerprint density at radius 3 is 2.55 bits per heavy atom. The van der Waals surface area contributed by atoms with Crippen molar-refractivity contribution in [3.05, 3.63) is 52.5 Å². The van der Waals surface area contributed by atoms with Crippen LogP contribution in [0.5, 0.6) is 11.5 Å². The molecule has 2 aromatic rings. The number of hydrogen-bond donors (Lipinski definition) is 0. The molecule has 0 bridgehead atoms. The van der Waals surface area contributed by atoms with Gasteiger partial charge in [0.2, 0.25) is 0 Å². The minimum Gasteiger partial charge on any atom is -0.493 e. The Kier molecular flexibility index (Phi) is 7.64. The summed E-state index contributed by atoms with van der Waals surface area (Å²) in [5.74, 6) is 1.21. The Labute approximate surface area is 188 Å². The Balaban J connectivity index is 1.72. The summed E-state index contributed by atoms with van der Waals surface area (Å²) in [5, 5.41) is 9.35. The van der Waals surface area contributed by atoms with Crippen molar-refractivity contribution >= 4 is 23.2 Å². The number of nitriles is 1. The van der Waals surface area contributed by atoms with Crippen LogP contribution in [0.3, 0.4) is 0 Å². The number of benzene rings is 2. The van der Waals surface area contributed by atoms with Gasteiger partial charge in [0.05, 0.1) is 30.4 Å². The molecule has 1 saturated heterocycles.